The highest BCUT2D eigenvalue weighted by Crippen LogP contribution is 2.18. The number of carbonyl (C=O) groups excluding carboxylic acids is 3. The summed E-state index contributed by atoms with van der Waals surface area (Å²) in [5.74, 6) is -0.871. The van der Waals surface area contributed by atoms with Crippen molar-refractivity contribution in [3.05, 3.63) is 24.3 Å². The van der Waals surface area contributed by atoms with E-state index in [1.165, 1.54) is 263 Å². The van der Waals surface area contributed by atoms with Crippen molar-refractivity contribution in [2.45, 2.75) is 380 Å². The molecule has 0 spiro atoms. The highest BCUT2D eigenvalue weighted by atomic mass is 16.6. The molecule has 0 heterocycles. The van der Waals surface area contributed by atoms with Gasteiger partial charge in [0.25, 0.3) is 0 Å². The van der Waals surface area contributed by atoms with Crippen molar-refractivity contribution in [1.82, 2.24) is 0 Å². The van der Waals surface area contributed by atoms with E-state index in [1.807, 2.05) is 0 Å². The fourth-order valence-electron chi connectivity index (χ4n) is 10.1. The van der Waals surface area contributed by atoms with Gasteiger partial charge in [0, 0.05) is 19.3 Å². The van der Waals surface area contributed by atoms with Crippen LogP contribution in [0, 0.1) is 0 Å². The number of unbranched alkanes of at least 4 members (excludes halogenated alkanes) is 47. The lowest BCUT2D eigenvalue weighted by molar-refractivity contribution is -0.167. The summed E-state index contributed by atoms with van der Waals surface area (Å²) in [4.78, 5) is 38.1. The lowest BCUT2D eigenvalue weighted by Gasteiger charge is -2.18. The van der Waals surface area contributed by atoms with Gasteiger partial charge in [0.05, 0.1) is 0 Å². The summed E-state index contributed by atoms with van der Waals surface area (Å²) in [5.41, 5.74) is 0. The van der Waals surface area contributed by atoms with Gasteiger partial charge < -0.3 is 14.2 Å². The summed E-state index contributed by atoms with van der Waals surface area (Å²) >= 11 is 0. The maximum atomic E-state index is 12.8. The van der Waals surface area contributed by atoms with Crippen molar-refractivity contribution in [2.24, 2.45) is 0 Å². The van der Waals surface area contributed by atoms with Gasteiger partial charge in [-0.1, -0.05) is 315 Å². The van der Waals surface area contributed by atoms with E-state index < -0.39 is 6.10 Å². The van der Waals surface area contributed by atoms with E-state index in [-0.39, 0.29) is 31.1 Å². The molecule has 1 unspecified atom stereocenters. The third-order valence-corrected chi connectivity index (χ3v) is 15.2. The zero-order valence-electron chi connectivity index (χ0n) is 50.1. The highest BCUT2D eigenvalue weighted by Gasteiger charge is 2.19. The fourth-order valence-corrected chi connectivity index (χ4v) is 10.1. The number of hydrogen-bond donors (Lipinski definition) is 0. The Bertz CT molecular complexity index is 1190. The summed E-state index contributed by atoms with van der Waals surface area (Å²) < 4.78 is 16.9. The Hall–Kier alpha value is -2.11. The van der Waals surface area contributed by atoms with Gasteiger partial charge in [0.15, 0.2) is 6.10 Å². The zero-order valence-corrected chi connectivity index (χ0v) is 50.1. The monoisotopic (exact) mass is 1040 g/mol. The Labute approximate surface area is 462 Å². The summed E-state index contributed by atoms with van der Waals surface area (Å²) in [5, 5.41) is 0. The third kappa shape index (κ3) is 60.8. The van der Waals surface area contributed by atoms with Crippen LogP contribution in [0.25, 0.3) is 0 Å². The molecule has 0 aliphatic heterocycles. The molecule has 74 heavy (non-hydrogen) atoms. The summed E-state index contributed by atoms with van der Waals surface area (Å²) in [6, 6.07) is 0. The lowest BCUT2D eigenvalue weighted by Crippen LogP contribution is -2.30. The first kappa shape index (κ1) is 71.9. The number of rotatable bonds is 62. The minimum absolute atomic E-state index is 0.0729. The van der Waals surface area contributed by atoms with E-state index in [4.69, 9.17) is 14.2 Å². The van der Waals surface area contributed by atoms with E-state index >= 15 is 0 Å². The Morgan fingerprint density at radius 1 is 0.257 bits per heavy atom. The van der Waals surface area contributed by atoms with Crippen LogP contribution in [0.5, 0.6) is 0 Å². The predicted octanol–water partition coefficient (Wildman–Crippen LogP) is 22.6. The van der Waals surface area contributed by atoms with E-state index in [0.717, 1.165) is 70.6 Å². The SMILES string of the molecule is CCCC/C=C\CCCCCCCC(=O)OCC(COC(=O)CCCCCCCCCCCCCCCCCCCCCCCCCCCCCCCCCC)OC(=O)CCCCCCC/C=C\CCCCCC. The first-order valence-electron chi connectivity index (χ1n) is 33.3. The normalized spacial score (nSPS) is 12.1. The van der Waals surface area contributed by atoms with Crippen molar-refractivity contribution >= 4 is 17.9 Å². The second kappa shape index (κ2) is 63.4. The molecule has 0 saturated heterocycles. The average Bonchev–Trinajstić information content (AvgIpc) is 3.40. The molecule has 0 bridgehead atoms. The van der Waals surface area contributed by atoms with Crippen LogP contribution in [0.15, 0.2) is 24.3 Å². The van der Waals surface area contributed by atoms with Gasteiger partial charge in [0.1, 0.15) is 13.2 Å². The molecule has 0 N–H and O–H groups in total. The van der Waals surface area contributed by atoms with Crippen LogP contribution in [0.3, 0.4) is 0 Å². The largest absolute Gasteiger partial charge is 0.462 e. The molecule has 436 valence electrons. The van der Waals surface area contributed by atoms with Crippen molar-refractivity contribution in [3.8, 4) is 0 Å². The maximum absolute atomic E-state index is 12.8. The van der Waals surface area contributed by atoms with Crippen molar-refractivity contribution in [2.75, 3.05) is 13.2 Å². The van der Waals surface area contributed by atoms with E-state index in [1.54, 1.807) is 0 Å². The molecule has 0 aromatic heterocycles. The molecule has 0 saturated carbocycles. The van der Waals surface area contributed by atoms with Crippen LogP contribution in [-0.2, 0) is 28.6 Å². The van der Waals surface area contributed by atoms with Gasteiger partial charge in [-0.05, 0) is 64.2 Å². The Balaban J connectivity index is 4.01. The van der Waals surface area contributed by atoms with Gasteiger partial charge in [-0.3, -0.25) is 14.4 Å². The minimum atomic E-state index is -0.775. The highest BCUT2D eigenvalue weighted by molar-refractivity contribution is 5.71. The van der Waals surface area contributed by atoms with Crippen LogP contribution >= 0.6 is 0 Å². The number of hydrogen-bond acceptors (Lipinski definition) is 6. The molecule has 6 nitrogen and oxygen atoms in total. The second-order valence-corrected chi connectivity index (χ2v) is 22.7. The molecule has 0 aliphatic carbocycles. The van der Waals surface area contributed by atoms with Crippen LogP contribution < -0.4 is 0 Å². The Kier molecular flexibility index (Phi) is 61.6. The van der Waals surface area contributed by atoms with Crippen LogP contribution in [-0.4, -0.2) is 37.2 Å². The Morgan fingerprint density at radius 2 is 0.459 bits per heavy atom. The molecule has 0 aromatic rings. The van der Waals surface area contributed by atoms with Gasteiger partial charge in [0.2, 0.25) is 0 Å². The van der Waals surface area contributed by atoms with Crippen molar-refractivity contribution < 1.29 is 28.6 Å². The summed E-state index contributed by atoms with van der Waals surface area (Å²) in [7, 11) is 0. The third-order valence-electron chi connectivity index (χ3n) is 15.2. The number of carbonyl (C=O) groups is 3. The fraction of sp³-hybridized carbons (Fsp3) is 0.897. The molecule has 0 aromatic carbocycles. The molecule has 0 rings (SSSR count). The summed E-state index contributed by atoms with van der Waals surface area (Å²) in [6.07, 6.45) is 76.6. The topological polar surface area (TPSA) is 78.9 Å². The van der Waals surface area contributed by atoms with Crippen molar-refractivity contribution in [3.63, 3.8) is 0 Å². The Morgan fingerprint density at radius 3 is 0.730 bits per heavy atom. The van der Waals surface area contributed by atoms with Gasteiger partial charge in [-0.15, -0.1) is 0 Å². The summed E-state index contributed by atoms with van der Waals surface area (Å²) in [6.45, 7) is 6.63. The second-order valence-electron chi connectivity index (χ2n) is 22.7. The van der Waals surface area contributed by atoms with Crippen molar-refractivity contribution in [1.29, 1.82) is 0 Å². The molecule has 1 atom stereocenters. The smallest absolute Gasteiger partial charge is 0.306 e. The van der Waals surface area contributed by atoms with Gasteiger partial charge in [-0.25, -0.2) is 0 Å². The number of ether oxygens (including phenoxy) is 3. The first-order chi connectivity index (χ1) is 36.5. The molecule has 6 heteroatoms. The molecule has 0 aliphatic rings. The average molecular weight is 1040 g/mol. The molecule has 0 fully saturated rings. The number of esters is 3. The zero-order chi connectivity index (χ0) is 53.6. The predicted molar refractivity (Wildman–Crippen MR) is 321 cm³/mol. The van der Waals surface area contributed by atoms with Crippen LogP contribution in [0.1, 0.15) is 374 Å². The van der Waals surface area contributed by atoms with Crippen LogP contribution in [0.2, 0.25) is 0 Å². The molecular formula is C68H128O6. The lowest BCUT2D eigenvalue weighted by atomic mass is 10.0. The van der Waals surface area contributed by atoms with E-state index in [0.29, 0.717) is 19.3 Å². The van der Waals surface area contributed by atoms with E-state index in [2.05, 4.69) is 45.1 Å². The quantitative estimate of drug-likeness (QED) is 0.0261. The standard InChI is InChI=1S/C68H128O6/c1-4-7-10-13-16-19-22-24-25-26-27-28-29-30-31-32-33-34-35-36-37-38-39-40-41-42-44-46-49-52-55-58-61-67(70)73-64-65(63-72-66(69)60-57-54-51-48-45-21-18-15-12-9-6-3)74-68(71)62-59-56-53-50-47-43-23-20-17-14-11-8-5-2/h15,18,20,23,65H,4-14,16-17,19,21-22,24-64H2,1-3H3/b18-15-,23-20-. The number of allylic oxidation sites excluding steroid dienone is 4. The molecular weight excluding hydrogens is 913 g/mol. The van der Waals surface area contributed by atoms with Crippen LogP contribution in [0.4, 0.5) is 0 Å². The van der Waals surface area contributed by atoms with Gasteiger partial charge >= 0.3 is 17.9 Å². The minimum Gasteiger partial charge on any atom is -0.462 e. The molecule has 0 amide bonds. The van der Waals surface area contributed by atoms with Gasteiger partial charge in [-0.2, -0.15) is 0 Å². The molecule has 0 radical (unpaired) electrons. The maximum Gasteiger partial charge on any atom is 0.306 e. The van der Waals surface area contributed by atoms with E-state index in [9.17, 15) is 14.4 Å². The first-order valence-corrected chi connectivity index (χ1v) is 33.3.